The fourth-order valence-electron chi connectivity index (χ4n) is 4.14. The molecule has 0 saturated heterocycles. The van der Waals surface area contributed by atoms with E-state index in [9.17, 15) is 14.7 Å². The summed E-state index contributed by atoms with van der Waals surface area (Å²) in [5.74, 6) is -1.43. The number of aromatic nitrogens is 1. The lowest BCUT2D eigenvalue weighted by Gasteiger charge is -2.39. The first-order valence-corrected chi connectivity index (χ1v) is 9.05. The molecule has 134 valence electrons. The van der Waals surface area contributed by atoms with Crippen molar-refractivity contribution in [3.8, 4) is 0 Å². The van der Waals surface area contributed by atoms with Crippen molar-refractivity contribution >= 4 is 22.8 Å². The van der Waals surface area contributed by atoms with E-state index in [2.05, 4.69) is 22.9 Å². The predicted molar refractivity (Wildman–Crippen MR) is 97.5 cm³/mol. The minimum atomic E-state index is -0.815. The maximum Gasteiger partial charge on any atom is 0.308 e. The Bertz CT molecular complexity index is 795. The van der Waals surface area contributed by atoms with Gasteiger partial charge in [-0.15, -0.1) is 0 Å². The zero-order valence-electron chi connectivity index (χ0n) is 14.9. The van der Waals surface area contributed by atoms with Crippen LogP contribution in [0.25, 0.3) is 10.9 Å². The molecule has 1 aliphatic carbocycles. The molecule has 0 radical (unpaired) electrons. The van der Waals surface area contributed by atoms with E-state index in [1.807, 2.05) is 31.3 Å². The fourth-order valence-corrected chi connectivity index (χ4v) is 4.14. The average Bonchev–Trinajstić information content (AvgIpc) is 2.92. The standard InChI is InChI=1S/C20H26N2O3/c1-3-22-13-14(15-8-4-5-10-17(15)22)12-18(23)21-20(2)11-7-6-9-16(20)19(24)25/h4-5,8,10,13,16H,3,6-7,9,11-12H2,1-2H3,(H,21,23)(H,24,25). The van der Waals surface area contributed by atoms with Gasteiger partial charge in [-0.2, -0.15) is 0 Å². The highest BCUT2D eigenvalue weighted by molar-refractivity contribution is 5.90. The number of nitrogens with zero attached hydrogens (tertiary/aromatic N) is 1. The fraction of sp³-hybridized carbons (Fsp3) is 0.500. The highest BCUT2D eigenvalue weighted by atomic mass is 16.4. The van der Waals surface area contributed by atoms with Crippen molar-refractivity contribution in [2.24, 2.45) is 5.92 Å². The largest absolute Gasteiger partial charge is 0.481 e. The van der Waals surface area contributed by atoms with Crippen LogP contribution in [0.3, 0.4) is 0 Å². The molecule has 3 rings (SSSR count). The summed E-state index contributed by atoms with van der Waals surface area (Å²) in [6.45, 7) is 4.80. The summed E-state index contributed by atoms with van der Waals surface area (Å²) in [6.07, 6.45) is 5.51. The van der Waals surface area contributed by atoms with Gasteiger partial charge in [-0.05, 0) is 38.3 Å². The minimum absolute atomic E-state index is 0.102. The predicted octanol–water partition coefficient (Wildman–Crippen LogP) is 3.35. The number of rotatable bonds is 5. The highest BCUT2D eigenvalue weighted by Gasteiger charge is 2.42. The van der Waals surface area contributed by atoms with Crippen LogP contribution in [0.1, 0.15) is 45.1 Å². The number of para-hydroxylation sites is 1. The molecule has 1 amide bonds. The summed E-state index contributed by atoms with van der Waals surface area (Å²) in [6, 6.07) is 8.07. The molecule has 5 heteroatoms. The van der Waals surface area contributed by atoms with Gasteiger partial charge in [-0.25, -0.2) is 0 Å². The van der Waals surface area contributed by atoms with Crippen molar-refractivity contribution in [1.82, 2.24) is 9.88 Å². The quantitative estimate of drug-likeness (QED) is 0.875. The van der Waals surface area contributed by atoms with Gasteiger partial charge in [-0.3, -0.25) is 9.59 Å². The summed E-state index contributed by atoms with van der Waals surface area (Å²) < 4.78 is 2.14. The Morgan fingerprint density at radius 3 is 2.80 bits per heavy atom. The second-order valence-electron chi connectivity index (χ2n) is 7.24. The van der Waals surface area contributed by atoms with Crippen molar-refractivity contribution in [1.29, 1.82) is 0 Å². The maximum atomic E-state index is 12.7. The third kappa shape index (κ3) is 3.41. The van der Waals surface area contributed by atoms with Crippen LogP contribution in [0.15, 0.2) is 30.5 Å². The van der Waals surface area contributed by atoms with E-state index >= 15 is 0 Å². The summed E-state index contributed by atoms with van der Waals surface area (Å²) >= 11 is 0. The first kappa shape index (κ1) is 17.5. The van der Waals surface area contributed by atoms with E-state index in [-0.39, 0.29) is 12.3 Å². The Morgan fingerprint density at radius 2 is 2.08 bits per heavy atom. The van der Waals surface area contributed by atoms with Crippen molar-refractivity contribution in [3.05, 3.63) is 36.0 Å². The first-order valence-electron chi connectivity index (χ1n) is 9.05. The first-order chi connectivity index (χ1) is 11.9. The van der Waals surface area contributed by atoms with Crippen LogP contribution in [0.5, 0.6) is 0 Å². The number of nitrogens with one attached hydrogen (secondary N) is 1. The van der Waals surface area contributed by atoms with Crippen LogP contribution < -0.4 is 5.32 Å². The zero-order valence-corrected chi connectivity index (χ0v) is 14.9. The summed E-state index contributed by atoms with van der Waals surface area (Å²) in [4.78, 5) is 24.3. The van der Waals surface area contributed by atoms with E-state index in [1.165, 1.54) is 0 Å². The highest BCUT2D eigenvalue weighted by Crippen LogP contribution is 2.34. The molecule has 5 nitrogen and oxygen atoms in total. The van der Waals surface area contributed by atoms with Gasteiger partial charge in [0.2, 0.25) is 5.91 Å². The second kappa shape index (κ2) is 6.90. The Balaban J connectivity index is 1.80. The van der Waals surface area contributed by atoms with Gasteiger partial charge in [0.05, 0.1) is 17.9 Å². The SMILES string of the molecule is CCn1cc(CC(=O)NC2(C)CCCCC2C(=O)O)c2ccccc21. The van der Waals surface area contributed by atoms with Crippen molar-refractivity contribution in [2.45, 2.75) is 58.0 Å². The molecule has 1 heterocycles. The molecular weight excluding hydrogens is 316 g/mol. The molecule has 2 aromatic rings. The molecule has 1 fully saturated rings. The number of benzene rings is 1. The molecule has 1 saturated carbocycles. The number of carbonyl (C=O) groups is 2. The number of carboxylic acids is 1. The van der Waals surface area contributed by atoms with Gasteiger partial charge >= 0.3 is 5.97 Å². The number of aryl methyl sites for hydroxylation is 1. The molecule has 1 aromatic carbocycles. The number of fused-ring (bicyclic) bond motifs is 1. The lowest BCUT2D eigenvalue weighted by molar-refractivity contribution is -0.146. The average molecular weight is 342 g/mol. The lowest BCUT2D eigenvalue weighted by atomic mass is 9.74. The topological polar surface area (TPSA) is 71.3 Å². The molecule has 0 aliphatic heterocycles. The van der Waals surface area contributed by atoms with E-state index in [0.717, 1.165) is 35.9 Å². The van der Waals surface area contributed by atoms with E-state index in [4.69, 9.17) is 0 Å². The van der Waals surface area contributed by atoms with E-state index < -0.39 is 17.4 Å². The van der Waals surface area contributed by atoms with E-state index in [0.29, 0.717) is 12.8 Å². The van der Waals surface area contributed by atoms with Crippen LogP contribution in [-0.4, -0.2) is 27.1 Å². The Morgan fingerprint density at radius 1 is 1.32 bits per heavy atom. The molecule has 2 N–H and O–H groups in total. The third-order valence-corrected chi connectivity index (χ3v) is 5.49. The van der Waals surface area contributed by atoms with Gasteiger partial charge in [0.15, 0.2) is 0 Å². The number of amides is 1. The van der Waals surface area contributed by atoms with Crippen molar-refractivity contribution in [2.75, 3.05) is 0 Å². The summed E-state index contributed by atoms with van der Waals surface area (Å²) in [5.41, 5.74) is 1.45. The second-order valence-corrected chi connectivity index (χ2v) is 7.24. The molecule has 0 spiro atoms. The number of carboxylic acid groups (broad SMARTS) is 1. The van der Waals surface area contributed by atoms with Crippen molar-refractivity contribution < 1.29 is 14.7 Å². The van der Waals surface area contributed by atoms with Crippen molar-refractivity contribution in [3.63, 3.8) is 0 Å². The maximum absolute atomic E-state index is 12.7. The number of hydrogen-bond acceptors (Lipinski definition) is 2. The third-order valence-electron chi connectivity index (χ3n) is 5.49. The number of aliphatic carboxylic acids is 1. The zero-order chi connectivity index (χ0) is 18.0. The number of hydrogen-bond donors (Lipinski definition) is 2. The Hall–Kier alpha value is -2.30. The normalized spacial score (nSPS) is 23.5. The smallest absolute Gasteiger partial charge is 0.308 e. The molecule has 1 aromatic heterocycles. The van der Waals surface area contributed by atoms with Gasteiger partial charge < -0.3 is 15.0 Å². The van der Waals surface area contributed by atoms with Crippen LogP contribution in [0.4, 0.5) is 0 Å². The van der Waals surface area contributed by atoms with Crippen LogP contribution >= 0.6 is 0 Å². The lowest BCUT2D eigenvalue weighted by Crippen LogP contribution is -2.55. The Labute approximate surface area is 148 Å². The minimum Gasteiger partial charge on any atom is -0.481 e. The van der Waals surface area contributed by atoms with Gasteiger partial charge in [-0.1, -0.05) is 31.0 Å². The van der Waals surface area contributed by atoms with Gasteiger partial charge in [0, 0.05) is 23.6 Å². The monoisotopic (exact) mass is 342 g/mol. The molecule has 1 aliphatic rings. The molecule has 0 bridgehead atoms. The van der Waals surface area contributed by atoms with Gasteiger partial charge in [0.1, 0.15) is 0 Å². The number of carbonyl (C=O) groups excluding carboxylic acids is 1. The van der Waals surface area contributed by atoms with Gasteiger partial charge in [0.25, 0.3) is 0 Å². The molecule has 2 atom stereocenters. The molecule has 2 unspecified atom stereocenters. The van der Waals surface area contributed by atoms with Crippen LogP contribution in [-0.2, 0) is 22.6 Å². The summed E-state index contributed by atoms with van der Waals surface area (Å²) in [7, 11) is 0. The molecule has 25 heavy (non-hydrogen) atoms. The summed E-state index contributed by atoms with van der Waals surface area (Å²) in [5, 5.41) is 13.6. The Kier molecular flexibility index (Phi) is 4.84. The van der Waals surface area contributed by atoms with Crippen LogP contribution in [0, 0.1) is 5.92 Å². The molecular formula is C20H26N2O3. The van der Waals surface area contributed by atoms with Crippen LogP contribution in [0.2, 0.25) is 0 Å². The van der Waals surface area contributed by atoms with E-state index in [1.54, 1.807) is 0 Å².